The van der Waals surface area contributed by atoms with Gasteiger partial charge >= 0.3 is 0 Å². The molecule has 1 amide bonds. The van der Waals surface area contributed by atoms with Crippen molar-refractivity contribution in [2.75, 3.05) is 37.6 Å². The number of hydrogen-bond donors (Lipinski definition) is 3. The highest BCUT2D eigenvalue weighted by molar-refractivity contribution is 5.92. The van der Waals surface area contributed by atoms with Gasteiger partial charge in [-0.15, -0.1) is 0 Å². The molecule has 0 spiro atoms. The number of hydrogen-bond acceptors (Lipinski definition) is 5. The van der Waals surface area contributed by atoms with Crippen LogP contribution >= 0.6 is 0 Å². The molecule has 1 unspecified atom stereocenters. The van der Waals surface area contributed by atoms with E-state index in [-0.39, 0.29) is 5.91 Å². The van der Waals surface area contributed by atoms with Crippen LogP contribution < -0.4 is 15.5 Å². The number of carbonyl (C=O) groups excluding carboxylic acids is 1. The fourth-order valence-electron chi connectivity index (χ4n) is 2.48. The van der Waals surface area contributed by atoms with E-state index >= 15 is 0 Å². The molecule has 0 bridgehead atoms. The number of amides is 1. The Bertz CT molecular complexity index is 504. The molecule has 2 aliphatic rings. The molecule has 1 aliphatic heterocycles. The SMILES string of the molecule is O=C(NCC1CC1)c1cccc(N2CCNCC(O)C2)n1. The van der Waals surface area contributed by atoms with E-state index in [1.54, 1.807) is 6.07 Å². The lowest BCUT2D eigenvalue weighted by Crippen LogP contribution is -2.34. The molecule has 2 heterocycles. The first-order valence-corrected chi connectivity index (χ1v) is 7.61. The number of anilines is 1. The van der Waals surface area contributed by atoms with Crippen LogP contribution in [0.25, 0.3) is 0 Å². The minimum Gasteiger partial charge on any atom is -0.390 e. The summed E-state index contributed by atoms with van der Waals surface area (Å²) in [7, 11) is 0. The van der Waals surface area contributed by atoms with Gasteiger partial charge in [0.2, 0.25) is 0 Å². The molecule has 1 atom stereocenters. The average Bonchev–Trinajstić information content (AvgIpc) is 3.32. The number of nitrogens with one attached hydrogen (secondary N) is 2. The second-order valence-electron chi connectivity index (χ2n) is 5.84. The Labute approximate surface area is 124 Å². The normalized spacial score (nSPS) is 22.7. The van der Waals surface area contributed by atoms with Crippen LogP contribution in [0.5, 0.6) is 0 Å². The van der Waals surface area contributed by atoms with Crippen molar-refractivity contribution in [2.45, 2.75) is 18.9 Å². The maximum absolute atomic E-state index is 12.1. The maximum Gasteiger partial charge on any atom is 0.269 e. The van der Waals surface area contributed by atoms with Crippen LogP contribution in [-0.2, 0) is 0 Å². The lowest BCUT2D eigenvalue weighted by atomic mass is 10.3. The van der Waals surface area contributed by atoms with Crippen molar-refractivity contribution in [3.63, 3.8) is 0 Å². The molecule has 1 aromatic heterocycles. The Morgan fingerprint density at radius 2 is 2.33 bits per heavy atom. The van der Waals surface area contributed by atoms with Gasteiger partial charge in [0, 0.05) is 32.7 Å². The smallest absolute Gasteiger partial charge is 0.269 e. The van der Waals surface area contributed by atoms with Crippen molar-refractivity contribution in [3.8, 4) is 0 Å². The van der Waals surface area contributed by atoms with Crippen molar-refractivity contribution in [1.82, 2.24) is 15.6 Å². The third-order valence-electron chi connectivity index (χ3n) is 3.91. The van der Waals surface area contributed by atoms with E-state index in [2.05, 4.69) is 15.6 Å². The topological polar surface area (TPSA) is 77.5 Å². The Hall–Kier alpha value is -1.66. The van der Waals surface area contributed by atoms with E-state index in [9.17, 15) is 9.90 Å². The molecule has 1 aliphatic carbocycles. The van der Waals surface area contributed by atoms with Crippen molar-refractivity contribution >= 4 is 11.7 Å². The predicted octanol–water partition coefficient (Wildman–Crippen LogP) is -0.00810. The zero-order valence-electron chi connectivity index (χ0n) is 12.1. The summed E-state index contributed by atoms with van der Waals surface area (Å²) in [5, 5.41) is 15.9. The molecule has 6 heteroatoms. The molecule has 21 heavy (non-hydrogen) atoms. The van der Waals surface area contributed by atoms with Crippen LogP contribution in [0.1, 0.15) is 23.3 Å². The van der Waals surface area contributed by atoms with Gasteiger partial charge < -0.3 is 20.6 Å². The number of carbonyl (C=O) groups is 1. The quantitative estimate of drug-likeness (QED) is 0.727. The lowest BCUT2D eigenvalue weighted by molar-refractivity contribution is 0.0947. The molecule has 1 saturated heterocycles. The van der Waals surface area contributed by atoms with Gasteiger partial charge in [-0.25, -0.2) is 4.98 Å². The molecule has 2 fully saturated rings. The highest BCUT2D eigenvalue weighted by Gasteiger charge is 2.22. The molecule has 114 valence electrons. The number of aliphatic hydroxyl groups is 1. The van der Waals surface area contributed by atoms with Crippen LogP contribution in [-0.4, -0.2) is 54.8 Å². The molecule has 1 saturated carbocycles. The lowest BCUT2D eigenvalue weighted by Gasteiger charge is -2.23. The summed E-state index contributed by atoms with van der Waals surface area (Å²) in [5.41, 5.74) is 0.444. The third kappa shape index (κ3) is 3.92. The average molecular weight is 290 g/mol. The summed E-state index contributed by atoms with van der Waals surface area (Å²) in [4.78, 5) is 18.6. The van der Waals surface area contributed by atoms with Gasteiger partial charge in [-0.2, -0.15) is 0 Å². The Kier molecular flexibility index (Phi) is 4.36. The minimum absolute atomic E-state index is 0.114. The van der Waals surface area contributed by atoms with Gasteiger partial charge in [0.1, 0.15) is 11.5 Å². The molecule has 3 rings (SSSR count). The van der Waals surface area contributed by atoms with Gasteiger partial charge in [-0.3, -0.25) is 4.79 Å². The Morgan fingerprint density at radius 3 is 3.14 bits per heavy atom. The van der Waals surface area contributed by atoms with Gasteiger partial charge in [0.25, 0.3) is 5.91 Å². The number of rotatable bonds is 4. The second kappa shape index (κ2) is 6.41. The summed E-state index contributed by atoms with van der Waals surface area (Å²) < 4.78 is 0. The number of β-amino-alcohol motifs (C(OH)–C–C–N with tert-alkyl or cyclic N) is 1. The molecule has 6 nitrogen and oxygen atoms in total. The first-order valence-electron chi connectivity index (χ1n) is 7.61. The fourth-order valence-corrected chi connectivity index (χ4v) is 2.48. The molecular weight excluding hydrogens is 268 g/mol. The minimum atomic E-state index is -0.415. The van der Waals surface area contributed by atoms with Crippen LogP contribution in [0.15, 0.2) is 18.2 Å². The largest absolute Gasteiger partial charge is 0.390 e. The van der Waals surface area contributed by atoms with Gasteiger partial charge in [0.05, 0.1) is 6.10 Å². The molecule has 1 aromatic rings. The van der Waals surface area contributed by atoms with Crippen molar-refractivity contribution in [1.29, 1.82) is 0 Å². The first kappa shape index (κ1) is 14.3. The predicted molar refractivity (Wildman–Crippen MR) is 80.4 cm³/mol. The fraction of sp³-hybridized carbons (Fsp3) is 0.600. The highest BCUT2D eigenvalue weighted by Crippen LogP contribution is 2.27. The summed E-state index contributed by atoms with van der Waals surface area (Å²) in [6.45, 7) is 3.45. The standard InChI is InChI=1S/C15H22N4O2/c20-12-9-16-6-7-19(10-12)14-3-1-2-13(18-14)15(21)17-8-11-4-5-11/h1-3,11-12,16,20H,4-10H2,(H,17,21). The zero-order valence-corrected chi connectivity index (χ0v) is 12.1. The highest BCUT2D eigenvalue weighted by atomic mass is 16.3. The van der Waals surface area contributed by atoms with Crippen LogP contribution in [0, 0.1) is 5.92 Å². The van der Waals surface area contributed by atoms with Gasteiger partial charge in [0.15, 0.2) is 0 Å². The number of aliphatic hydroxyl groups excluding tert-OH is 1. The van der Waals surface area contributed by atoms with Gasteiger partial charge in [-0.05, 0) is 30.9 Å². The van der Waals surface area contributed by atoms with E-state index in [1.807, 2.05) is 17.0 Å². The maximum atomic E-state index is 12.1. The molecule has 0 aromatic carbocycles. The summed E-state index contributed by atoms with van der Waals surface area (Å²) >= 11 is 0. The van der Waals surface area contributed by atoms with Crippen molar-refractivity contribution in [3.05, 3.63) is 23.9 Å². The Balaban J connectivity index is 1.67. The molecular formula is C15H22N4O2. The van der Waals surface area contributed by atoms with E-state index in [4.69, 9.17) is 0 Å². The zero-order chi connectivity index (χ0) is 14.7. The van der Waals surface area contributed by atoms with E-state index < -0.39 is 6.10 Å². The first-order chi connectivity index (χ1) is 10.2. The van der Waals surface area contributed by atoms with E-state index in [1.165, 1.54) is 12.8 Å². The number of pyridine rings is 1. The number of nitrogens with zero attached hydrogens (tertiary/aromatic N) is 2. The number of aromatic nitrogens is 1. The van der Waals surface area contributed by atoms with Crippen LogP contribution in [0.2, 0.25) is 0 Å². The van der Waals surface area contributed by atoms with E-state index in [0.29, 0.717) is 24.7 Å². The Morgan fingerprint density at radius 1 is 1.48 bits per heavy atom. The summed E-state index contributed by atoms with van der Waals surface area (Å²) in [5.74, 6) is 1.29. The molecule has 0 radical (unpaired) electrons. The monoisotopic (exact) mass is 290 g/mol. The van der Waals surface area contributed by atoms with Crippen LogP contribution in [0.4, 0.5) is 5.82 Å². The molecule has 3 N–H and O–H groups in total. The van der Waals surface area contributed by atoms with E-state index in [0.717, 1.165) is 25.5 Å². The van der Waals surface area contributed by atoms with Crippen molar-refractivity contribution in [2.24, 2.45) is 5.92 Å². The van der Waals surface area contributed by atoms with Crippen LogP contribution in [0.3, 0.4) is 0 Å². The summed E-state index contributed by atoms with van der Waals surface area (Å²) in [6, 6.07) is 5.47. The van der Waals surface area contributed by atoms with Crippen molar-refractivity contribution < 1.29 is 9.90 Å². The summed E-state index contributed by atoms with van der Waals surface area (Å²) in [6.07, 6.45) is 2.01. The van der Waals surface area contributed by atoms with Gasteiger partial charge in [-0.1, -0.05) is 6.07 Å². The third-order valence-corrected chi connectivity index (χ3v) is 3.91. The second-order valence-corrected chi connectivity index (χ2v) is 5.84.